The van der Waals surface area contributed by atoms with Crippen molar-refractivity contribution in [3.63, 3.8) is 0 Å². The number of nitrogens with two attached hydrogens (primary N) is 1. The van der Waals surface area contributed by atoms with Gasteiger partial charge in [0.05, 0.1) is 0 Å². The Balaban J connectivity index is 1.72. The number of rotatable bonds is 5. The molecule has 2 rings (SSSR count). The fourth-order valence-corrected chi connectivity index (χ4v) is 2.28. The minimum atomic E-state index is 0.843. The van der Waals surface area contributed by atoms with Gasteiger partial charge in [0, 0.05) is 17.1 Å². The van der Waals surface area contributed by atoms with Crippen LogP contribution in [0, 0.1) is 0 Å². The van der Waals surface area contributed by atoms with Gasteiger partial charge in [-0.15, -0.1) is 11.3 Å². The Morgan fingerprint density at radius 2 is 2.12 bits per heavy atom. The fraction of sp³-hybridized carbons (Fsp3) is 0.231. The fourth-order valence-electron chi connectivity index (χ4n) is 1.61. The average Bonchev–Trinajstić information content (AvgIpc) is 2.77. The Morgan fingerprint density at radius 1 is 1.19 bits per heavy atom. The van der Waals surface area contributed by atoms with Crippen LogP contribution >= 0.6 is 11.3 Å². The van der Waals surface area contributed by atoms with Gasteiger partial charge < -0.3 is 11.1 Å². The van der Waals surface area contributed by atoms with Gasteiger partial charge in [0.1, 0.15) is 0 Å². The maximum absolute atomic E-state index is 5.72. The predicted octanol–water partition coefficient (Wildman–Crippen LogP) is 2.66. The third-order valence-electron chi connectivity index (χ3n) is 2.42. The molecule has 2 nitrogen and oxygen atoms in total. The summed E-state index contributed by atoms with van der Waals surface area (Å²) in [5.74, 6) is 0. The van der Waals surface area contributed by atoms with E-state index in [-0.39, 0.29) is 0 Å². The molecule has 3 N–H and O–H groups in total. The number of hydrogen-bond donors (Lipinski definition) is 2. The van der Waals surface area contributed by atoms with Crippen molar-refractivity contribution >= 4 is 17.0 Å². The molecular formula is C13H16N2S. The Kier molecular flexibility index (Phi) is 3.97. The Labute approximate surface area is 100 Å². The number of thiophene rings is 1. The normalized spacial score (nSPS) is 10.5. The monoisotopic (exact) mass is 232 g/mol. The van der Waals surface area contributed by atoms with E-state index >= 15 is 0 Å². The first-order valence-electron chi connectivity index (χ1n) is 5.42. The van der Waals surface area contributed by atoms with Crippen LogP contribution in [-0.4, -0.2) is 6.54 Å². The van der Waals surface area contributed by atoms with Crippen molar-refractivity contribution in [2.75, 3.05) is 12.3 Å². The predicted molar refractivity (Wildman–Crippen MR) is 70.6 cm³/mol. The summed E-state index contributed by atoms with van der Waals surface area (Å²) in [7, 11) is 0. The standard InChI is InChI=1S/C13H16N2S/c14-12-4-1-3-11(9-12)6-7-15-10-13-5-2-8-16-13/h1-5,8-9,15H,6-7,10,14H2. The zero-order chi connectivity index (χ0) is 11.2. The summed E-state index contributed by atoms with van der Waals surface area (Å²) >= 11 is 1.79. The summed E-state index contributed by atoms with van der Waals surface area (Å²) in [5.41, 5.74) is 7.85. The van der Waals surface area contributed by atoms with Gasteiger partial charge in [0.25, 0.3) is 0 Å². The van der Waals surface area contributed by atoms with Crippen molar-refractivity contribution in [3.8, 4) is 0 Å². The van der Waals surface area contributed by atoms with Gasteiger partial charge in [-0.05, 0) is 42.1 Å². The zero-order valence-electron chi connectivity index (χ0n) is 9.15. The van der Waals surface area contributed by atoms with Crippen molar-refractivity contribution in [3.05, 3.63) is 52.2 Å². The van der Waals surface area contributed by atoms with Crippen molar-refractivity contribution < 1.29 is 0 Å². The molecule has 0 amide bonds. The van der Waals surface area contributed by atoms with E-state index < -0.39 is 0 Å². The molecular weight excluding hydrogens is 216 g/mol. The molecule has 0 spiro atoms. The summed E-state index contributed by atoms with van der Waals surface area (Å²) in [4.78, 5) is 1.38. The number of benzene rings is 1. The molecule has 84 valence electrons. The number of nitrogen functional groups attached to an aromatic ring is 1. The SMILES string of the molecule is Nc1cccc(CCNCc2cccs2)c1. The van der Waals surface area contributed by atoms with Crippen molar-refractivity contribution in [2.24, 2.45) is 0 Å². The Bertz CT molecular complexity index is 423. The number of hydrogen-bond acceptors (Lipinski definition) is 3. The second kappa shape index (κ2) is 5.68. The van der Waals surface area contributed by atoms with Gasteiger partial charge in [-0.3, -0.25) is 0 Å². The quantitative estimate of drug-likeness (QED) is 0.614. The maximum atomic E-state index is 5.72. The highest BCUT2D eigenvalue weighted by Gasteiger charge is 1.95. The van der Waals surface area contributed by atoms with Crippen molar-refractivity contribution in [1.29, 1.82) is 0 Å². The van der Waals surface area contributed by atoms with Gasteiger partial charge in [-0.2, -0.15) is 0 Å². The molecule has 0 saturated carbocycles. The van der Waals surface area contributed by atoms with Gasteiger partial charge in [-0.1, -0.05) is 18.2 Å². The highest BCUT2D eigenvalue weighted by Crippen LogP contribution is 2.08. The van der Waals surface area contributed by atoms with Gasteiger partial charge >= 0.3 is 0 Å². The first-order valence-corrected chi connectivity index (χ1v) is 6.30. The third kappa shape index (κ3) is 3.36. The lowest BCUT2D eigenvalue weighted by molar-refractivity contribution is 0.694. The molecule has 0 aliphatic carbocycles. The molecule has 0 saturated heterocycles. The van der Waals surface area contributed by atoms with Crippen LogP contribution in [0.5, 0.6) is 0 Å². The van der Waals surface area contributed by atoms with Crippen LogP contribution in [0.4, 0.5) is 5.69 Å². The van der Waals surface area contributed by atoms with Crippen LogP contribution in [0.1, 0.15) is 10.4 Å². The third-order valence-corrected chi connectivity index (χ3v) is 3.30. The molecule has 0 aliphatic rings. The minimum Gasteiger partial charge on any atom is -0.399 e. The van der Waals surface area contributed by atoms with Crippen molar-refractivity contribution in [2.45, 2.75) is 13.0 Å². The first-order chi connectivity index (χ1) is 7.84. The molecule has 0 atom stereocenters. The van der Waals surface area contributed by atoms with E-state index in [1.165, 1.54) is 10.4 Å². The molecule has 1 aromatic heterocycles. The average molecular weight is 232 g/mol. The molecule has 0 aliphatic heterocycles. The molecule has 16 heavy (non-hydrogen) atoms. The highest BCUT2D eigenvalue weighted by atomic mass is 32.1. The van der Waals surface area contributed by atoms with Crippen LogP contribution in [-0.2, 0) is 13.0 Å². The van der Waals surface area contributed by atoms with Gasteiger partial charge in [0.2, 0.25) is 0 Å². The summed E-state index contributed by atoms with van der Waals surface area (Å²) in [6.07, 6.45) is 1.02. The molecule has 0 unspecified atom stereocenters. The molecule has 3 heteroatoms. The first kappa shape index (κ1) is 11.2. The van der Waals surface area contributed by atoms with E-state index in [1.807, 2.05) is 18.2 Å². The zero-order valence-corrected chi connectivity index (χ0v) is 9.96. The second-order valence-corrected chi connectivity index (χ2v) is 4.78. The van der Waals surface area contributed by atoms with Crippen LogP contribution in [0.25, 0.3) is 0 Å². The lowest BCUT2D eigenvalue weighted by Crippen LogP contribution is -2.15. The van der Waals surface area contributed by atoms with E-state index in [1.54, 1.807) is 11.3 Å². The van der Waals surface area contributed by atoms with Gasteiger partial charge in [0.15, 0.2) is 0 Å². The van der Waals surface area contributed by atoms with Crippen LogP contribution in [0.15, 0.2) is 41.8 Å². The van der Waals surface area contributed by atoms with E-state index in [9.17, 15) is 0 Å². The Hall–Kier alpha value is -1.32. The van der Waals surface area contributed by atoms with E-state index in [2.05, 4.69) is 28.9 Å². The largest absolute Gasteiger partial charge is 0.399 e. The van der Waals surface area contributed by atoms with Crippen LogP contribution in [0.2, 0.25) is 0 Å². The number of nitrogens with one attached hydrogen (secondary N) is 1. The van der Waals surface area contributed by atoms with Crippen molar-refractivity contribution in [1.82, 2.24) is 5.32 Å². The highest BCUT2D eigenvalue weighted by molar-refractivity contribution is 7.09. The number of anilines is 1. The molecule has 1 heterocycles. The van der Waals surface area contributed by atoms with Crippen LogP contribution in [0.3, 0.4) is 0 Å². The Morgan fingerprint density at radius 3 is 2.88 bits per heavy atom. The molecule has 0 radical (unpaired) electrons. The summed E-state index contributed by atoms with van der Waals surface area (Å²) in [6, 6.07) is 12.3. The summed E-state index contributed by atoms with van der Waals surface area (Å²) < 4.78 is 0. The van der Waals surface area contributed by atoms with E-state index in [0.29, 0.717) is 0 Å². The maximum Gasteiger partial charge on any atom is 0.0316 e. The lowest BCUT2D eigenvalue weighted by Gasteiger charge is -2.04. The topological polar surface area (TPSA) is 38.0 Å². The molecule has 2 aromatic rings. The van der Waals surface area contributed by atoms with E-state index in [4.69, 9.17) is 5.73 Å². The molecule has 0 fully saturated rings. The van der Waals surface area contributed by atoms with E-state index in [0.717, 1.165) is 25.2 Å². The second-order valence-electron chi connectivity index (χ2n) is 3.75. The smallest absolute Gasteiger partial charge is 0.0316 e. The van der Waals surface area contributed by atoms with Crippen LogP contribution < -0.4 is 11.1 Å². The summed E-state index contributed by atoms with van der Waals surface area (Å²) in [5, 5.41) is 5.53. The molecule has 0 bridgehead atoms. The molecule has 1 aromatic carbocycles. The summed E-state index contributed by atoms with van der Waals surface area (Å²) in [6.45, 7) is 1.95. The van der Waals surface area contributed by atoms with Gasteiger partial charge in [-0.25, -0.2) is 0 Å². The lowest BCUT2D eigenvalue weighted by atomic mass is 10.1. The minimum absolute atomic E-state index is 0.843.